The van der Waals surface area contributed by atoms with Crippen LogP contribution in [0.1, 0.15) is 19.8 Å². The molecular formula is C16H24N2O3. The van der Waals surface area contributed by atoms with Crippen LogP contribution in [0.25, 0.3) is 0 Å². The standard InChI is InChI=1S/C16H24N2O3/c1-2-20-14-5-7-15(8-6-14)21-13-3-4-16(19)18-11-9-17-10-12-18/h5-8,17H,2-4,9-13H2,1H3. The molecule has 0 saturated carbocycles. The number of ether oxygens (including phenoxy) is 2. The van der Waals surface area contributed by atoms with Crippen LogP contribution in [-0.2, 0) is 4.79 Å². The first-order chi connectivity index (χ1) is 10.3. The highest BCUT2D eigenvalue weighted by Crippen LogP contribution is 2.17. The second-order valence-electron chi connectivity index (χ2n) is 4.99. The Morgan fingerprint density at radius 2 is 1.76 bits per heavy atom. The molecule has 0 spiro atoms. The lowest BCUT2D eigenvalue weighted by molar-refractivity contribution is -0.132. The van der Waals surface area contributed by atoms with Crippen molar-refractivity contribution in [1.29, 1.82) is 0 Å². The average Bonchev–Trinajstić information content (AvgIpc) is 2.54. The molecule has 1 aliphatic rings. The fourth-order valence-corrected chi connectivity index (χ4v) is 2.28. The summed E-state index contributed by atoms with van der Waals surface area (Å²) in [5.41, 5.74) is 0. The maximum atomic E-state index is 12.0. The van der Waals surface area contributed by atoms with E-state index in [-0.39, 0.29) is 5.91 Å². The SMILES string of the molecule is CCOc1ccc(OCCCC(=O)N2CCNCC2)cc1. The highest BCUT2D eigenvalue weighted by atomic mass is 16.5. The van der Waals surface area contributed by atoms with Crippen LogP contribution in [0.3, 0.4) is 0 Å². The molecule has 21 heavy (non-hydrogen) atoms. The van der Waals surface area contributed by atoms with E-state index >= 15 is 0 Å². The maximum absolute atomic E-state index is 12.0. The van der Waals surface area contributed by atoms with Crippen LogP contribution in [0.2, 0.25) is 0 Å². The number of hydrogen-bond acceptors (Lipinski definition) is 4. The molecule has 1 amide bonds. The number of benzene rings is 1. The number of carbonyl (C=O) groups excluding carboxylic acids is 1. The van der Waals surface area contributed by atoms with E-state index in [2.05, 4.69) is 5.32 Å². The lowest BCUT2D eigenvalue weighted by Crippen LogP contribution is -2.46. The van der Waals surface area contributed by atoms with Gasteiger partial charge in [0.1, 0.15) is 11.5 Å². The second kappa shape index (κ2) is 8.52. The predicted octanol–water partition coefficient (Wildman–Crippen LogP) is 1.68. The van der Waals surface area contributed by atoms with Gasteiger partial charge in [-0.25, -0.2) is 0 Å². The van der Waals surface area contributed by atoms with E-state index in [0.717, 1.165) is 44.1 Å². The molecule has 1 fully saturated rings. The van der Waals surface area contributed by atoms with E-state index in [1.807, 2.05) is 36.1 Å². The van der Waals surface area contributed by atoms with Crippen molar-refractivity contribution in [3.8, 4) is 11.5 Å². The Morgan fingerprint density at radius 3 is 2.38 bits per heavy atom. The fourth-order valence-electron chi connectivity index (χ4n) is 2.28. The molecule has 2 rings (SSSR count). The van der Waals surface area contributed by atoms with Gasteiger partial charge in [-0.15, -0.1) is 0 Å². The van der Waals surface area contributed by atoms with E-state index in [9.17, 15) is 4.79 Å². The molecular weight excluding hydrogens is 268 g/mol. The number of hydrogen-bond donors (Lipinski definition) is 1. The van der Waals surface area contributed by atoms with Crippen molar-refractivity contribution in [3.05, 3.63) is 24.3 Å². The zero-order valence-corrected chi connectivity index (χ0v) is 12.6. The van der Waals surface area contributed by atoms with Crippen molar-refractivity contribution in [3.63, 3.8) is 0 Å². The minimum atomic E-state index is 0.229. The molecule has 0 aromatic heterocycles. The molecule has 5 nitrogen and oxygen atoms in total. The highest BCUT2D eigenvalue weighted by Gasteiger charge is 2.15. The summed E-state index contributed by atoms with van der Waals surface area (Å²) in [5, 5.41) is 3.24. The summed E-state index contributed by atoms with van der Waals surface area (Å²) >= 11 is 0. The van der Waals surface area contributed by atoms with Gasteiger partial charge in [-0.05, 0) is 37.6 Å². The van der Waals surface area contributed by atoms with Gasteiger partial charge in [-0.2, -0.15) is 0 Å². The average molecular weight is 292 g/mol. The number of nitrogens with zero attached hydrogens (tertiary/aromatic N) is 1. The lowest BCUT2D eigenvalue weighted by Gasteiger charge is -2.27. The topological polar surface area (TPSA) is 50.8 Å². The van der Waals surface area contributed by atoms with Crippen LogP contribution in [0, 0.1) is 0 Å². The van der Waals surface area contributed by atoms with Gasteiger partial charge in [0, 0.05) is 32.6 Å². The Bertz CT molecular complexity index is 428. The van der Waals surface area contributed by atoms with Crippen molar-refractivity contribution in [2.45, 2.75) is 19.8 Å². The van der Waals surface area contributed by atoms with Crippen molar-refractivity contribution >= 4 is 5.91 Å². The Labute approximate surface area is 126 Å². The largest absolute Gasteiger partial charge is 0.494 e. The fraction of sp³-hybridized carbons (Fsp3) is 0.562. The third-order valence-electron chi connectivity index (χ3n) is 3.41. The Morgan fingerprint density at radius 1 is 1.14 bits per heavy atom. The van der Waals surface area contributed by atoms with Gasteiger partial charge in [-0.3, -0.25) is 4.79 Å². The number of amides is 1. The predicted molar refractivity (Wildman–Crippen MR) is 81.8 cm³/mol. The van der Waals surface area contributed by atoms with Crippen LogP contribution in [0.15, 0.2) is 24.3 Å². The first kappa shape index (κ1) is 15.6. The molecule has 0 bridgehead atoms. The molecule has 0 atom stereocenters. The van der Waals surface area contributed by atoms with Crippen molar-refractivity contribution in [2.75, 3.05) is 39.4 Å². The number of rotatable bonds is 7. The molecule has 5 heteroatoms. The first-order valence-electron chi connectivity index (χ1n) is 7.63. The third kappa shape index (κ3) is 5.27. The minimum absolute atomic E-state index is 0.229. The van der Waals surface area contributed by atoms with Crippen molar-refractivity contribution < 1.29 is 14.3 Å². The van der Waals surface area contributed by atoms with Gasteiger partial charge in [0.25, 0.3) is 0 Å². The summed E-state index contributed by atoms with van der Waals surface area (Å²) in [4.78, 5) is 13.9. The smallest absolute Gasteiger partial charge is 0.222 e. The van der Waals surface area contributed by atoms with E-state index in [1.54, 1.807) is 0 Å². The van der Waals surface area contributed by atoms with Gasteiger partial charge in [0.05, 0.1) is 13.2 Å². The van der Waals surface area contributed by atoms with E-state index in [1.165, 1.54) is 0 Å². The Balaban J connectivity index is 1.63. The van der Waals surface area contributed by atoms with Crippen LogP contribution >= 0.6 is 0 Å². The van der Waals surface area contributed by atoms with Gasteiger partial charge in [0.15, 0.2) is 0 Å². The molecule has 0 unspecified atom stereocenters. The molecule has 0 radical (unpaired) electrons. The van der Waals surface area contributed by atoms with Crippen LogP contribution < -0.4 is 14.8 Å². The molecule has 1 aliphatic heterocycles. The van der Waals surface area contributed by atoms with Gasteiger partial charge in [0.2, 0.25) is 5.91 Å². The quantitative estimate of drug-likeness (QED) is 0.777. The molecule has 1 heterocycles. The molecule has 1 N–H and O–H groups in total. The van der Waals surface area contributed by atoms with Crippen molar-refractivity contribution in [1.82, 2.24) is 10.2 Å². The first-order valence-corrected chi connectivity index (χ1v) is 7.63. The zero-order valence-electron chi connectivity index (χ0n) is 12.6. The summed E-state index contributed by atoms with van der Waals surface area (Å²) in [5.74, 6) is 1.89. The zero-order chi connectivity index (χ0) is 14.9. The van der Waals surface area contributed by atoms with E-state index < -0.39 is 0 Å². The summed E-state index contributed by atoms with van der Waals surface area (Å²) < 4.78 is 11.0. The van der Waals surface area contributed by atoms with Crippen molar-refractivity contribution in [2.24, 2.45) is 0 Å². The maximum Gasteiger partial charge on any atom is 0.222 e. The lowest BCUT2D eigenvalue weighted by atomic mass is 10.2. The highest BCUT2D eigenvalue weighted by molar-refractivity contribution is 5.76. The second-order valence-corrected chi connectivity index (χ2v) is 4.99. The molecule has 116 valence electrons. The summed E-state index contributed by atoms with van der Waals surface area (Å²) in [6.07, 6.45) is 1.30. The Hall–Kier alpha value is -1.75. The Kier molecular flexibility index (Phi) is 6.34. The van der Waals surface area contributed by atoms with Gasteiger partial charge in [-0.1, -0.05) is 0 Å². The summed E-state index contributed by atoms with van der Waals surface area (Å²) in [6, 6.07) is 7.57. The molecule has 1 aromatic rings. The minimum Gasteiger partial charge on any atom is -0.494 e. The molecule has 1 aromatic carbocycles. The van der Waals surface area contributed by atoms with Crippen LogP contribution in [-0.4, -0.2) is 50.2 Å². The number of carbonyl (C=O) groups is 1. The number of piperazine rings is 1. The van der Waals surface area contributed by atoms with Gasteiger partial charge < -0.3 is 19.7 Å². The van der Waals surface area contributed by atoms with E-state index in [0.29, 0.717) is 19.6 Å². The monoisotopic (exact) mass is 292 g/mol. The van der Waals surface area contributed by atoms with Crippen LogP contribution in [0.4, 0.5) is 0 Å². The molecule has 0 aliphatic carbocycles. The van der Waals surface area contributed by atoms with Gasteiger partial charge >= 0.3 is 0 Å². The molecule has 1 saturated heterocycles. The number of nitrogens with one attached hydrogen (secondary N) is 1. The normalized spacial score (nSPS) is 14.8. The van der Waals surface area contributed by atoms with E-state index in [4.69, 9.17) is 9.47 Å². The summed E-state index contributed by atoms with van der Waals surface area (Å²) in [7, 11) is 0. The third-order valence-corrected chi connectivity index (χ3v) is 3.41. The summed E-state index contributed by atoms with van der Waals surface area (Å²) in [6.45, 7) is 6.61. The van der Waals surface area contributed by atoms with Crippen LogP contribution in [0.5, 0.6) is 11.5 Å².